The van der Waals surface area contributed by atoms with Crippen LogP contribution in [0.2, 0.25) is 0 Å². The molecule has 0 unspecified atom stereocenters. The number of hydrogen-bond acceptors (Lipinski definition) is 2. The van der Waals surface area contributed by atoms with Crippen LogP contribution < -0.4 is 10.7 Å². The van der Waals surface area contributed by atoms with Gasteiger partial charge in [-0.3, -0.25) is 5.01 Å². The Balaban J connectivity index is 2.72. The van der Waals surface area contributed by atoms with Gasteiger partial charge in [0.1, 0.15) is 5.66 Å². The number of thiocarbonyl (C=S) groups is 1. The van der Waals surface area contributed by atoms with E-state index in [0.717, 1.165) is 30.8 Å². The first-order valence-corrected chi connectivity index (χ1v) is 6.34. The summed E-state index contributed by atoms with van der Waals surface area (Å²) in [6.45, 7) is 8.72. The molecule has 0 aliphatic carbocycles. The van der Waals surface area contributed by atoms with Gasteiger partial charge in [0.2, 0.25) is 0 Å². The van der Waals surface area contributed by atoms with E-state index in [9.17, 15) is 0 Å². The van der Waals surface area contributed by atoms with Crippen molar-refractivity contribution in [3.63, 3.8) is 0 Å². The van der Waals surface area contributed by atoms with Crippen LogP contribution in [0.3, 0.4) is 0 Å². The van der Waals surface area contributed by atoms with Crippen molar-refractivity contribution in [3.8, 4) is 0 Å². The fraction of sp³-hybridized carbons (Fsp3) is 0.909. The minimum absolute atomic E-state index is 0.00481. The molecule has 1 rings (SSSR count). The molecule has 0 radical (unpaired) electrons. The molecule has 1 aliphatic heterocycles. The Morgan fingerprint density at radius 1 is 1.27 bits per heavy atom. The van der Waals surface area contributed by atoms with E-state index in [1.807, 2.05) is 0 Å². The summed E-state index contributed by atoms with van der Waals surface area (Å²) < 4.78 is 0. The maximum absolute atomic E-state index is 5.35. The van der Waals surface area contributed by atoms with Crippen molar-refractivity contribution in [2.24, 2.45) is 0 Å². The first-order chi connectivity index (χ1) is 7.04. The quantitative estimate of drug-likeness (QED) is 0.708. The molecule has 1 fully saturated rings. The SMILES string of the molecule is CCCC1(CCC)NC(=S)N(C(C)C)N1. The van der Waals surface area contributed by atoms with Crippen molar-refractivity contribution < 1.29 is 0 Å². The molecule has 0 aromatic carbocycles. The van der Waals surface area contributed by atoms with Crippen LogP contribution in [0.5, 0.6) is 0 Å². The van der Waals surface area contributed by atoms with E-state index in [-0.39, 0.29) is 5.66 Å². The largest absolute Gasteiger partial charge is 0.342 e. The summed E-state index contributed by atoms with van der Waals surface area (Å²) in [5, 5.41) is 6.36. The van der Waals surface area contributed by atoms with Crippen molar-refractivity contribution in [3.05, 3.63) is 0 Å². The summed E-state index contributed by atoms with van der Waals surface area (Å²) in [5.74, 6) is 0. The van der Waals surface area contributed by atoms with Crippen molar-refractivity contribution in [2.75, 3.05) is 0 Å². The standard InChI is InChI=1S/C11H23N3S/c1-5-7-11(8-6-2)12-10(15)14(13-11)9(3)4/h9,13H,5-8H2,1-4H3,(H,12,15). The predicted molar refractivity (Wildman–Crippen MR) is 68.4 cm³/mol. The van der Waals surface area contributed by atoms with Gasteiger partial charge in [-0.15, -0.1) is 0 Å². The van der Waals surface area contributed by atoms with Gasteiger partial charge in [-0.25, -0.2) is 5.43 Å². The van der Waals surface area contributed by atoms with Crippen LogP contribution in [-0.4, -0.2) is 21.8 Å². The molecule has 0 bridgehead atoms. The molecular weight excluding hydrogens is 206 g/mol. The van der Waals surface area contributed by atoms with Crippen molar-refractivity contribution in [1.82, 2.24) is 15.8 Å². The zero-order valence-electron chi connectivity index (χ0n) is 10.3. The van der Waals surface area contributed by atoms with E-state index in [1.54, 1.807) is 0 Å². The third kappa shape index (κ3) is 2.82. The number of nitrogens with one attached hydrogen (secondary N) is 2. The monoisotopic (exact) mass is 229 g/mol. The van der Waals surface area contributed by atoms with Gasteiger partial charge in [0.15, 0.2) is 5.11 Å². The van der Waals surface area contributed by atoms with E-state index in [2.05, 4.69) is 43.4 Å². The van der Waals surface area contributed by atoms with Crippen LogP contribution in [0.1, 0.15) is 53.4 Å². The summed E-state index contributed by atoms with van der Waals surface area (Å²) in [5.41, 5.74) is 3.54. The summed E-state index contributed by atoms with van der Waals surface area (Å²) in [6.07, 6.45) is 4.55. The lowest BCUT2D eigenvalue weighted by Crippen LogP contribution is -2.52. The highest BCUT2D eigenvalue weighted by Gasteiger charge is 2.39. The van der Waals surface area contributed by atoms with Crippen LogP contribution in [0, 0.1) is 0 Å². The van der Waals surface area contributed by atoms with Gasteiger partial charge >= 0.3 is 0 Å². The lowest BCUT2D eigenvalue weighted by molar-refractivity contribution is 0.167. The highest BCUT2D eigenvalue weighted by molar-refractivity contribution is 7.80. The van der Waals surface area contributed by atoms with Crippen LogP contribution in [0.4, 0.5) is 0 Å². The van der Waals surface area contributed by atoms with E-state index >= 15 is 0 Å². The fourth-order valence-corrected chi connectivity index (χ4v) is 2.61. The highest BCUT2D eigenvalue weighted by Crippen LogP contribution is 2.23. The van der Waals surface area contributed by atoms with Crippen LogP contribution >= 0.6 is 12.2 Å². The van der Waals surface area contributed by atoms with Gasteiger partial charge in [-0.05, 0) is 38.9 Å². The van der Waals surface area contributed by atoms with Gasteiger partial charge in [0.25, 0.3) is 0 Å². The Kier molecular flexibility index (Phi) is 4.34. The predicted octanol–water partition coefficient (Wildman–Crippen LogP) is 2.39. The van der Waals surface area contributed by atoms with Crippen molar-refractivity contribution in [2.45, 2.75) is 65.1 Å². The summed E-state index contributed by atoms with van der Waals surface area (Å²) in [4.78, 5) is 0. The second-order valence-corrected chi connectivity index (χ2v) is 4.97. The third-order valence-corrected chi connectivity index (χ3v) is 3.07. The van der Waals surface area contributed by atoms with Gasteiger partial charge < -0.3 is 5.32 Å². The third-order valence-electron chi connectivity index (χ3n) is 2.77. The lowest BCUT2D eigenvalue weighted by atomic mass is 10.00. The Hall–Kier alpha value is -0.350. The molecule has 0 spiro atoms. The fourth-order valence-electron chi connectivity index (χ4n) is 2.15. The van der Waals surface area contributed by atoms with Crippen LogP contribution in [0.25, 0.3) is 0 Å². The van der Waals surface area contributed by atoms with E-state index in [1.165, 1.54) is 0 Å². The Labute approximate surface area is 98.6 Å². The van der Waals surface area contributed by atoms with E-state index in [0.29, 0.717) is 6.04 Å². The molecule has 0 saturated carbocycles. The summed E-state index contributed by atoms with van der Waals surface area (Å²) in [6, 6.07) is 0.403. The van der Waals surface area contributed by atoms with Gasteiger partial charge in [0.05, 0.1) is 0 Å². The minimum Gasteiger partial charge on any atom is -0.342 e. The molecular formula is C11H23N3S. The molecule has 1 saturated heterocycles. The molecule has 3 nitrogen and oxygen atoms in total. The second-order valence-electron chi connectivity index (χ2n) is 4.59. The van der Waals surface area contributed by atoms with Gasteiger partial charge in [-0.1, -0.05) is 26.7 Å². The highest BCUT2D eigenvalue weighted by atomic mass is 32.1. The van der Waals surface area contributed by atoms with Crippen LogP contribution in [0.15, 0.2) is 0 Å². The molecule has 0 atom stereocenters. The Morgan fingerprint density at radius 2 is 1.80 bits per heavy atom. The minimum atomic E-state index is 0.00481. The first-order valence-electron chi connectivity index (χ1n) is 5.94. The summed E-state index contributed by atoms with van der Waals surface area (Å²) in [7, 11) is 0. The van der Waals surface area contributed by atoms with Gasteiger partial charge in [-0.2, -0.15) is 0 Å². The smallest absolute Gasteiger partial charge is 0.185 e. The Bertz CT molecular complexity index is 222. The zero-order chi connectivity index (χ0) is 11.5. The molecule has 15 heavy (non-hydrogen) atoms. The maximum Gasteiger partial charge on any atom is 0.185 e. The molecule has 1 heterocycles. The van der Waals surface area contributed by atoms with E-state index < -0.39 is 0 Å². The molecule has 4 heteroatoms. The molecule has 0 aromatic rings. The number of rotatable bonds is 5. The number of hydrogen-bond donors (Lipinski definition) is 2. The molecule has 0 aromatic heterocycles. The molecule has 88 valence electrons. The number of hydrazine groups is 1. The second kappa shape index (κ2) is 5.12. The lowest BCUT2D eigenvalue weighted by Gasteiger charge is -2.30. The molecule has 2 N–H and O–H groups in total. The topological polar surface area (TPSA) is 27.3 Å². The van der Waals surface area contributed by atoms with Gasteiger partial charge in [0, 0.05) is 6.04 Å². The first kappa shape index (κ1) is 12.7. The maximum atomic E-state index is 5.35. The van der Waals surface area contributed by atoms with E-state index in [4.69, 9.17) is 12.2 Å². The average Bonchev–Trinajstić information content (AvgIpc) is 2.44. The Morgan fingerprint density at radius 3 is 2.13 bits per heavy atom. The van der Waals surface area contributed by atoms with Crippen molar-refractivity contribution in [1.29, 1.82) is 0 Å². The molecule has 0 amide bonds. The van der Waals surface area contributed by atoms with Crippen molar-refractivity contribution >= 4 is 17.3 Å². The average molecular weight is 229 g/mol. The van der Waals surface area contributed by atoms with Crippen LogP contribution in [-0.2, 0) is 0 Å². The summed E-state index contributed by atoms with van der Waals surface area (Å²) >= 11 is 5.35. The molecule has 1 aliphatic rings. The zero-order valence-corrected chi connectivity index (χ0v) is 11.1. The number of nitrogens with zero attached hydrogens (tertiary/aromatic N) is 1. The normalized spacial score (nSPS) is 19.8.